The molecule has 0 aromatic heterocycles. The maximum absolute atomic E-state index is 13.3. The zero-order valence-corrected chi connectivity index (χ0v) is 18.8. The van der Waals surface area contributed by atoms with Crippen LogP contribution in [-0.2, 0) is 25.4 Å². The fourth-order valence-electron chi connectivity index (χ4n) is 5.43. The second kappa shape index (κ2) is 9.57. The first-order chi connectivity index (χ1) is 16.6. The number of benzene rings is 1. The first-order valence-corrected chi connectivity index (χ1v) is 11.5. The Morgan fingerprint density at radius 2 is 1.83 bits per heavy atom. The smallest absolute Gasteiger partial charge is 0.386 e. The number of hydrogen-bond acceptors (Lipinski definition) is 6. The molecule has 190 valence electrons. The van der Waals surface area contributed by atoms with E-state index in [-0.39, 0.29) is 24.7 Å². The zero-order valence-electron chi connectivity index (χ0n) is 18.8. The zero-order chi connectivity index (χ0) is 25.4. The minimum absolute atomic E-state index is 0.00836. The number of carbonyl (C=O) groups is 4. The molecular weight excluding hydrogens is 469 g/mol. The van der Waals surface area contributed by atoms with Crippen molar-refractivity contribution >= 4 is 29.7 Å². The number of aliphatic hydroxyl groups is 1. The van der Waals surface area contributed by atoms with Crippen molar-refractivity contribution in [1.29, 1.82) is 0 Å². The van der Waals surface area contributed by atoms with Crippen LogP contribution in [0.25, 0.3) is 0 Å². The molecule has 4 N–H and O–H groups in total. The molecule has 1 saturated carbocycles. The van der Waals surface area contributed by atoms with Gasteiger partial charge in [0.2, 0.25) is 17.7 Å². The van der Waals surface area contributed by atoms with Crippen molar-refractivity contribution < 1.29 is 37.5 Å². The topological polar surface area (TPSA) is 128 Å². The standard InChI is InChI=1S/C23H27F3N4O5/c24-23(25,26)13-5-7-15(8-6-13)28-19(32)17-16-21(34)30(11-12-31)18(22(16,35)9-10-27-17)20(33)29-14-3-1-2-4-14/h5-8,12,14,16-18,27,35H,1-4,9-11H2,(H,28,32)(H,29,33). The average molecular weight is 496 g/mol. The summed E-state index contributed by atoms with van der Waals surface area (Å²) in [5.74, 6) is -3.39. The van der Waals surface area contributed by atoms with Crippen molar-refractivity contribution in [3.8, 4) is 0 Å². The second-order valence-electron chi connectivity index (χ2n) is 9.26. The van der Waals surface area contributed by atoms with Crippen LogP contribution >= 0.6 is 0 Å². The molecule has 3 amide bonds. The van der Waals surface area contributed by atoms with Crippen LogP contribution in [0.3, 0.4) is 0 Å². The van der Waals surface area contributed by atoms with Gasteiger partial charge in [-0.3, -0.25) is 14.4 Å². The Kier molecular flexibility index (Phi) is 6.87. The van der Waals surface area contributed by atoms with E-state index in [0.29, 0.717) is 6.29 Å². The SMILES string of the molecule is O=CCN1C(=O)C2C(C(=O)Nc3ccc(C(F)(F)F)cc3)NCCC2(O)C1C(=O)NC1CCCC1. The second-order valence-corrected chi connectivity index (χ2v) is 9.26. The van der Waals surface area contributed by atoms with E-state index in [1.54, 1.807) is 0 Å². The van der Waals surface area contributed by atoms with Crippen LogP contribution < -0.4 is 16.0 Å². The summed E-state index contributed by atoms with van der Waals surface area (Å²) in [5, 5.41) is 19.8. The number of aldehydes is 1. The Hall–Kier alpha value is -2.99. The molecule has 4 unspecified atom stereocenters. The van der Waals surface area contributed by atoms with E-state index in [1.165, 1.54) is 0 Å². The molecule has 0 bridgehead atoms. The number of fused-ring (bicyclic) bond motifs is 1. The normalized spacial score (nSPS) is 29.1. The molecule has 4 rings (SSSR count). The number of halogens is 3. The number of amides is 3. The van der Waals surface area contributed by atoms with E-state index in [0.717, 1.165) is 54.8 Å². The predicted molar refractivity (Wildman–Crippen MR) is 117 cm³/mol. The molecule has 0 spiro atoms. The van der Waals surface area contributed by atoms with Crippen LogP contribution in [0.2, 0.25) is 0 Å². The van der Waals surface area contributed by atoms with Crippen LogP contribution in [0.5, 0.6) is 0 Å². The maximum atomic E-state index is 13.3. The number of nitrogens with zero attached hydrogens (tertiary/aromatic N) is 1. The van der Waals surface area contributed by atoms with E-state index < -0.39 is 59.6 Å². The largest absolute Gasteiger partial charge is 0.416 e. The Morgan fingerprint density at radius 1 is 1.17 bits per heavy atom. The van der Waals surface area contributed by atoms with E-state index in [9.17, 15) is 37.5 Å². The quantitative estimate of drug-likeness (QED) is 0.432. The summed E-state index contributed by atoms with van der Waals surface area (Å²) in [4.78, 5) is 51.8. The molecule has 12 heteroatoms. The maximum Gasteiger partial charge on any atom is 0.416 e. The van der Waals surface area contributed by atoms with E-state index in [2.05, 4.69) is 16.0 Å². The third-order valence-corrected chi connectivity index (χ3v) is 7.08. The van der Waals surface area contributed by atoms with E-state index in [1.807, 2.05) is 0 Å². The van der Waals surface area contributed by atoms with Crippen molar-refractivity contribution in [2.75, 3.05) is 18.4 Å². The first kappa shape index (κ1) is 25.1. The van der Waals surface area contributed by atoms with Gasteiger partial charge in [0, 0.05) is 11.7 Å². The van der Waals surface area contributed by atoms with Crippen LogP contribution in [0, 0.1) is 5.92 Å². The van der Waals surface area contributed by atoms with Gasteiger partial charge in [-0.1, -0.05) is 12.8 Å². The number of alkyl halides is 3. The third-order valence-electron chi connectivity index (χ3n) is 7.08. The van der Waals surface area contributed by atoms with E-state index >= 15 is 0 Å². The summed E-state index contributed by atoms with van der Waals surface area (Å²) in [6.07, 6.45) is -0.615. The molecule has 1 aromatic carbocycles. The number of carbonyl (C=O) groups excluding carboxylic acids is 4. The Balaban J connectivity index is 1.56. The van der Waals surface area contributed by atoms with Crippen molar-refractivity contribution in [1.82, 2.24) is 15.5 Å². The van der Waals surface area contributed by atoms with Gasteiger partial charge in [-0.2, -0.15) is 13.2 Å². The molecular formula is C23H27F3N4O5. The van der Waals surface area contributed by atoms with Gasteiger partial charge in [-0.25, -0.2) is 0 Å². The molecule has 4 atom stereocenters. The molecule has 3 fully saturated rings. The molecule has 9 nitrogen and oxygen atoms in total. The van der Waals surface area contributed by atoms with Gasteiger partial charge in [0.25, 0.3) is 0 Å². The number of anilines is 1. The highest BCUT2D eigenvalue weighted by Crippen LogP contribution is 2.42. The van der Waals surface area contributed by atoms with Crippen LogP contribution in [-0.4, -0.2) is 70.8 Å². The molecule has 1 aromatic rings. The van der Waals surface area contributed by atoms with Gasteiger partial charge in [0.1, 0.15) is 24.0 Å². The highest BCUT2D eigenvalue weighted by Gasteiger charge is 2.65. The van der Waals surface area contributed by atoms with Crippen molar-refractivity contribution in [3.05, 3.63) is 29.8 Å². The van der Waals surface area contributed by atoms with Gasteiger partial charge < -0.3 is 30.8 Å². The minimum atomic E-state index is -4.53. The molecule has 2 aliphatic heterocycles. The molecule has 1 aliphatic carbocycles. The van der Waals surface area contributed by atoms with Crippen LogP contribution in [0.1, 0.15) is 37.7 Å². The summed E-state index contributed by atoms with van der Waals surface area (Å²) in [7, 11) is 0. The Labute approximate surface area is 199 Å². The monoisotopic (exact) mass is 496 g/mol. The summed E-state index contributed by atoms with van der Waals surface area (Å²) < 4.78 is 38.4. The fraction of sp³-hybridized carbons (Fsp3) is 0.565. The summed E-state index contributed by atoms with van der Waals surface area (Å²) in [5.41, 5.74) is -2.72. The summed E-state index contributed by atoms with van der Waals surface area (Å²) in [6, 6.07) is 1.12. The average Bonchev–Trinajstić information content (AvgIpc) is 3.38. The molecule has 35 heavy (non-hydrogen) atoms. The van der Waals surface area contributed by atoms with Crippen molar-refractivity contribution in [2.45, 2.75) is 62.0 Å². The Bertz CT molecular complexity index is 996. The lowest BCUT2D eigenvalue weighted by molar-refractivity contribution is -0.140. The van der Waals surface area contributed by atoms with Crippen molar-refractivity contribution in [2.24, 2.45) is 5.92 Å². The summed E-state index contributed by atoms with van der Waals surface area (Å²) >= 11 is 0. The van der Waals surface area contributed by atoms with Gasteiger partial charge in [-0.05, 0) is 50.1 Å². The van der Waals surface area contributed by atoms with Crippen molar-refractivity contribution in [3.63, 3.8) is 0 Å². The highest BCUT2D eigenvalue weighted by atomic mass is 19.4. The molecule has 2 heterocycles. The third kappa shape index (κ3) is 4.76. The lowest BCUT2D eigenvalue weighted by Gasteiger charge is -2.41. The molecule has 3 aliphatic rings. The fourth-order valence-corrected chi connectivity index (χ4v) is 5.43. The minimum Gasteiger partial charge on any atom is -0.386 e. The van der Waals surface area contributed by atoms with E-state index in [4.69, 9.17) is 0 Å². The number of piperidine rings is 1. The molecule has 2 saturated heterocycles. The highest BCUT2D eigenvalue weighted by molar-refractivity contribution is 6.03. The van der Waals surface area contributed by atoms with Gasteiger partial charge >= 0.3 is 6.18 Å². The number of hydrogen-bond donors (Lipinski definition) is 4. The lowest BCUT2D eigenvalue weighted by atomic mass is 9.74. The number of rotatable bonds is 6. The first-order valence-electron chi connectivity index (χ1n) is 11.5. The van der Waals surface area contributed by atoms with Crippen LogP contribution in [0.4, 0.5) is 18.9 Å². The molecule has 0 radical (unpaired) electrons. The van der Waals surface area contributed by atoms with Gasteiger partial charge in [-0.15, -0.1) is 0 Å². The number of likely N-dealkylation sites (tertiary alicyclic amines) is 1. The predicted octanol–water partition coefficient (Wildman–Crippen LogP) is 0.822. The van der Waals surface area contributed by atoms with Crippen LogP contribution in [0.15, 0.2) is 24.3 Å². The summed E-state index contributed by atoms with van der Waals surface area (Å²) in [6.45, 7) is -0.318. The number of nitrogens with one attached hydrogen (secondary N) is 3. The van der Waals surface area contributed by atoms with Gasteiger partial charge in [0.15, 0.2) is 0 Å². The van der Waals surface area contributed by atoms with Gasteiger partial charge in [0.05, 0.1) is 18.0 Å². The lowest BCUT2D eigenvalue weighted by Crippen LogP contribution is -2.65. The Morgan fingerprint density at radius 3 is 2.43 bits per heavy atom.